The summed E-state index contributed by atoms with van der Waals surface area (Å²) in [5, 5.41) is -0.645. The van der Waals surface area contributed by atoms with Crippen LogP contribution >= 0.6 is 0 Å². The molecule has 0 saturated heterocycles. The molecule has 2 rings (SSSR count). The van der Waals surface area contributed by atoms with E-state index in [0.29, 0.717) is 4.90 Å². The zero-order valence-electron chi connectivity index (χ0n) is 12.8. The molecule has 0 heterocycles. The first kappa shape index (κ1) is 16.2. The van der Waals surface area contributed by atoms with Gasteiger partial charge < -0.3 is 0 Å². The Labute approximate surface area is 127 Å². The van der Waals surface area contributed by atoms with Gasteiger partial charge in [0.15, 0.2) is 9.84 Å². The molecule has 0 aromatic heterocycles. The minimum Gasteiger partial charge on any atom is -0.299 e. The van der Waals surface area contributed by atoms with Crippen molar-refractivity contribution in [1.29, 1.82) is 0 Å². The zero-order valence-corrected chi connectivity index (χ0v) is 13.7. The number of sulfone groups is 1. The Kier molecular flexibility index (Phi) is 5.20. The smallest absolute Gasteiger partial charge is 0.181 e. The summed E-state index contributed by atoms with van der Waals surface area (Å²) < 4.78 is 25.2. The van der Waals surface area contributed by atoms with Gasteiger partial charge in [0.25, 0.3) is 0 Å². The van der Waals surface area contributed by atoms with Crippen LogP contribution in [0.25, 0.3) is 0 Å². The molecular formula is C17H24O3S. The summed E-state index contributed by atoms with van der Waals surface area (Å²) in [6.45, 7) is 3.45. The van der Waals surface area contributed by atoms with Crippen LogP contribution in [0.3, 0.4) is 0 Å². The molecule has 1 aromatic rings. The van der Waals surface area contributed by atoms with Crippen LogP contribution in [-0.4, -0.2) is 19.5 Å². The van der Waals surface area contributed by atoms with E-state index in [1.165, 1.54) is 6.42 Å². The molecule has 1 saturated carbocycles. The van der Waals surface area contributed by atoms with Crippen LogP contribution < -0.4 is 0 Å². The minimum absolute atomic E-state index is 0.0771. The number of carbonyl (C=O) groups is 1. The lowest BCUT2D eigenvalue weighted by molar-refractivity contribution is -0.123. The molecule has 0 N–H and O–H groups in total. The number of hydrogen-bond acceptors (Lipinski definition) is 3. The third-order valence-electron chi connectivity index (χ3n) is 4.48. The Morgan fingerprint density at radius 1 is 1.19 bits per heavy atom. The molecule has 0 radical (unpaired) electrons. The van der Waals surface area contributed by atoms with Crippen LogP contribution in [0.15, 0.2) is 29.2 Å². The molecule has 1 aliphatic rings. The van der Waals surface area contributed by atoms with Gasteiger partial charge >= 0.3 is 0 Å². The van der Waals surface area contributed by atoms with Gasteiger partial charge in [-0.05, 0) is 38.3 Å². The van der Waals surface area contributed by atoms with Crippen molar-refractivity contribution in [2.75, 3.05) is 0 Å². The fraction of sp³-hybridized carbons (Fsp3) is 0.588. The molecule has 0 spiro atoms. The SMILES string of the molecule is Cc1ccccc1S(=O)(=O)C(C)CC(=O)C1CCCCC1. The summed E-state index contributed by atoms with van der Waals surface area (Å²) in [6.07, 6.45) is 5.37. The van der Waals surface area contributed by atoms with E-state index in [9.17, 15) is 13.2 Å². The molecule has 21 heavy (non-hydrogen) atoms. The van der Waals surface area contributed by atoms with Crippen molar-refractivity contribution in [3.63, 3.8) is 0 Å². The standard InChI is InChI=1S/C17H24O3S/c1-13-8-6-7-11-17(13)21(19,20)14(2)12-16(18)15-9-4-3-5-10-15/h6-8,11,14-15H,3-5,9-10,12H2,1-2H3. The quantitative estimate of drug-likeness (QED) is 0.833. The maximum atomic E-state index is 12.6. The highest BCUT2D eigenvalue weighted by molar-refractivity contribution is 7.92. The normalized spacial score (nSPS) is 18.4. The molecule has 0 aliphatic heterocycles. The Morgan fingerprint density at radius 2 is 1.81 bits per heavy atom. The van der Waals surface area contributed by atoms with Crippen molar-refractivity contribution in [2.24, 2.45) is 5.92 Å². The zero-order chi connectivity index (χ0) is 15.5. The fourth-order valence-electron chi connectivity index (χ4n) is 3.08. The molecule has 1 atom stereocenters. The third-order valence-corrected chi connectivity index (χ3v) is 6.78. The number of carbonyl (C=O) groups excluding carboxylic acids is 1. The van der Waals surface area contributed by atoms with Crippen molar-refractivity contribution in [3.8, 4) is 0 Å². The number of aryl methyl sites for hydroxylation is 1. The topological polar surface area (TPSA) is 51.2 Å². The predicted octanol–water partition coefficient (Wildman–Crippen LogP) is 3.70. The molecule has 4 heteroatoms. The summed E-state index contributed by atoms with van der Waals surface area (Å²) >= 11 is 0. The highest BCUT2D eigenvalue weighted by atomic mass is 32.2. The second-order valence-corrected chi connectivity index (χ2v) is 8.46. The maximum Gasteiger partial charge on any atom is 0.181 e. The average molecular weight is 308 g/mol. The van der Waals surface area contributed by atoms with Gasteiger partial charge in [0.2, 0.25) is 0 Å². The second-order valence-electron chi connectivity index (χ2n) is 6.13. The summed E-state index contributed by atoms with van der Waals surface area (Å²) in [7, 11) is -3.42. The van der Waals surface area contributed by atoms with Gasteiger partial charge in [-0.25, -0.2) is 8.42 Å². The van der Waals surface area contributed by atoms with Crippen molar-refractivity contribution in [2.45, 2.75) is 62.5 Å². The molecule has 116 valence electrons. The summed E-state index contributed by atoms with van der Waals surface area (Å²) in [5.41, 5.74) is 0.745. The van der Waals surface area contributed by atoms with Gasteiger partial charge in [-0.2, -0.15) is 0 Å². The largest absolute Gasteiger partial charge is 0.299 e. The minimum atomic E-state index is -3.42. The average Bonchev–Trinajstić information content (AvgIpc) is 2.48. The molecule has 3 nitrogen and oxygen atoms in total. The van der Waals surface area contributed by atoms with E-state index in [-0.39, 0.29) is 18.1 Å². The lowest BCUT2D eigenvalue weighted by Gasteiger charge is -2.22. The number of benzene rings is 1. The first-order chi connectivity index (χ1) is 9.93. The van der Waals surface area contributed by atoms with Crippen molar-refractivity contribution >= 4 is 15.6 Å². The highest BCUT2D eigenvalue weighted by Gasteiger charge is 2.30. The highest BCUT2D eigenvalue weighted by Crippen LogP contribution is 2.28. The number of ketones is 1. The first-order valence-electron chi connectivity index (χ1n) is 7.75. The van der Waals surface area contributed by atoms with E-state index in [2.05, 4.69) is 0 Å². The van der Waals surface area contributed by atoms with Gasteiger partial charge in [0.1, 0.15) is 5.78 Å². The Balaban J connectivity index is 2.10. The van der Waals surface area contributed by atoms with Crippen LogP contribution in [0, 0.1) is 12.8 Å². The van der Waals surface area contributed by atoms with E-state index in [0.717, 1.165) is 31.2 Å². The van der Waals surface area contributed by atoms with Crippen LogP contribution in [0.5, 0.6) is 0 Å². The van der Waals surface area contributed by atoms with Gasteiger partial charge in [-0.3, -0.25) is 4.79 Å². The second kappa shape index (κ2) is 6.73. The van der Waals surface area contributed by atoms with E-state index in [4.69, 9.17) is 0 Å². The molecule has 0 bridgehead atoms. The summed E-state index contributed by atoms with van der Waals surface area (Å²) in [6, 6.07) is 6.98. The molecule has 0 amide bonds. The van der Waals surface area contributed by atoms with E-state index in [1.54, 1.807) is 32.0 Å². The predicted molar refractivity (Wildman–Crippen MR) is 84.0 cm³/mol. The molecule has 1 aliphatic carbocycles. The number of rotatable bonds is 5. The Hall–Kier alpha value is -1.16. The monoisotopic (exact) mass is 308 g/mol. The Morgan fingerprint density at radius 3 is 2.43 bits per heavy atom. The lowest BCUT2D eigenvalue weighted by atomic mass is 9.85. The van der Waals surface area contributed by atoms with Crippen LogP contribution in [0.2, 0.25) is 0 Å². The first-order valence-corrected chi connectivity index (χ1v) is 9.30. The van der Waals surface area contributed by atoms with Crippen molar-refractivity contribution in [1.82, 2.24) is 0 Å². The van der Waals surface area contributed by atoms with Gasteiger partial charge in [-0.15, -0.1) is 0 Å². The van der Waals surface area contributed by atoms with Crippen molar-refractivity contribution < 1.29 is 13.2 Å². The molecule has 1 fully saturated rings. The van der Waals surface area contributed by atoms with E-state index in [1.807, 2.05) is 6.07 Å². The number of Topliss-reactive ketones (excluding diaryl/α,β-unsaturated/α-hetero) is 1. The van der Waals surface area contributed by atoms with Crippen molar-refractivity contribution in [3.05, 3.63) is 29.8 Å². The van der Waals surface area contributed by atoms with Crippen LogP contribution in [0.4, 0.5) is 0 Å². The van der Waals surface area contributed by atoms with E-state index < -0.39 is 15.1 Å². The number of hydrogen-bond donors (Lipinski definition) is 0. The van der Waals surface area contributed by atoms with Gasteiger partial charge in [-0.1, -0.05) is 37.5 Å². The third kappa shape index (κ3) is 3.73. The van der Waals surface area contributed by atoms with Crippen LogP contribution in [0.1, 0.15) is 51.0 Å². The van der Waals surface area contributed by atoms with E-state index >= 15 is 0 Å². The molecule has 1 aromatic carbocycles. The van der Waals surface area contributed by atoms with Gasteiger partial charge in [0.05, 0.1) is 10.1 Å². The Bertz CT molecular complexity index is 598. The van der Waals surface area contributed by atoms with Crippen LogP contribution in [-0.2, 0) is 14.6 Å². The summed E-state index contributed by atoms with van der Waals surface area (Å²) in [4.78, 5) is 12.7. The maximum absolute atomic E-state index is 12.6. The molecular weight excluding hydrogens is 284 g/mol. The fourth-order valence-corrected chi connectivity index (χ4v) is 4.68. The van der Waals surface area contributed by atoms with Gasteiger partial charge in [0, 0.05) is 12.3 Å². The lowest BCUT2D eigenvalue weighted by Crippen LogP contribution is -2.26. The summed E-state index contributed by atoms with van der Waals surface area (Å²) in [5.74, 6) is 0.202. The molecule has 1 unspecified atom stereocenters.